The molecule has 0 aliphatic heterocycles. The number of aliphatic carboxylic acids is 1. The Balaban J connectivity index is 2.19. The minimum Gasteiger partial charge on any atom is -0.480 e. The Bertz CT molecular complexity index is 529. The zero-order valence-electron chi connectivity index (χ0n) is 10.5. The van der Waals surface area contributed by atoms with Crippen molar-refractivity contribution in [3.05, 3.63) is 21.9 Å². The Labute approximate surface area is 116 Å². The number of amides is 1. The quantitative estimate of drug-likeness (QED) is 0.852. The summed E-state index contributed by atoms with van der Waals surface area (Å²) < 4.78 is 0. The van der Waals surface area contributed by atoms with Crippen LogP contribution in [-0.4, -0.2) is 35.0 Å². The van der Waals surface area contributed by atoms with E-state index in [0.29, 0.717) is 0 Å². The third-order valence-electron chi connectivity index (χ3n) is 3.27. The van der Waals surface area contributed by atoms with Gasteiger partial charge in [0.2, 0.25) is 5.91 Å². The Kier molecular flexibility index (Phi) is 4.23. The molecule has 1 N–H and O–H groups in total. The second kappa shape index (κ2) is 5.89. The first-order valence-electron chi connectivity index (χ1n) is 6.13. The van der Waals surface area contributed by atoms with Gasteiger partial charge in [-0.1, -0.05) is 5.92 Å². The third-order valence-corrected chi connectivity index (χ3v) is 4.27. The summed E-state index contributed by atoms with van der Waals surface area (Å²) in [5.41, 5.74) is 1.05. The molecule has 1 aromatic heterocycles. The molecule has 1 heterocycles. The number of carboxylic acid groups (broad SMARTS) is 1. The zero-order chi connectivity index (χ0) is 13.8. The molecule has 2 rings (SSSR count). The van der Waals surface area contributed by atoms with E-state index in [1.54, 1.807) is 11.3 Å². The number of thiophene rings is 1. The van der Waals surface area contributed by atoms with Crippen LogP contribution in [0.5, 0.6) is 0 Å². The van der Waals surface area contributed by atoms with E-state index < -0.39 is 5.97 Å². The van der Waals surface area contributed by atoms with Crippen LogP contribution >= 0.6 is 11.3 Å². The van der Waals surface area contributed by atoms with E-state index in [1.807, 2.05) is 11.4 Å². The van der Waals surface area contributed by atoms with E-state index in [4.69, 9.17) is 11.5 Å². The Morgan fingerprint density at radius 1 is 1.58 bits per heavy atom. The average molecular weight is 277 g/mol. The van der Waals surface area contributed by atoms with Gasteiger partial charge < -0.3 is 10.0 Å². The molecule has 0 saturated heterocycles. The molecule has 1 unspecified atom stereocenters. The van der Waals surface area contributed by atoms with Gasteiger partial charge in [0, 0.05) is 4.88 Å². The van der Waals surface area contributed by atoms with Crippen LogP contribution in [0.25, 0.3) is 0 Å². The average Bonchev–Trinajstić information content (AvgIpc) is 2.85. The molecule has 1 atom stereocenters. The van der Waals surface area contributed by atoms with Gasteiger partial charge >= 0.3 is 5.97 Å². The molecule has 5 heteroatoms. The highest BCUT2D eigenvalue weighted by atomic mass is 32.1. The van der Waals surface area contributed by atoms with Gasteiger partial charge in [-0.15, -0.1) is 17.8 Å². The maximum absolute atomic E-state index is 12.5. The second-order valence-corrected chi connectivity index (χ2v) is 5.54. The third kappa shape index (κ3) is 2.96. The standard InChI is InChI=1S/C14H15NO3S/c1-2-7-15(9-13(16)17)14(18)11-4-3-5-12-10(11)6-8-19-12/h1,6,8,11H,3-5,7,9H2,(H,16,17). The lowest BCUT2D eigenvalue weighted by Crippen LogP contribution is -2.39. The van der Waals surface area contributed by atoms with Crippen LogP contribution in [0.15, 0.2) is 11.4 Å². The maximum Gasteiger partial charge on any atom is 0.323 e. The molecule has 4 nitrogen and oxygen atoms in total. The lowest BCUT2D eigenvalue weighted by Gasteiger charge is -2.27. The van der Waals surface area contributed by atoms with Gasteiger partial charge in [-0.3, -0.25) is 9.59 Å². The minimum atomic E-state index is -1.04. The van der Waals surface area contributed by atoms with Gasteiger partial charge in [0.15, 0.2) is 0 Å². The molecular weight excluding hydrogens is 262 g/mol. The lowest BCUT2D eigenvalue weighted by molar-refractivity contribution is -0.144. The molecule has 0 fully saturated rings. The molecule has 0 aromatic carbocycles. The number of carbonyl (C=O) groups is 2. The number of fused-ring (bicyclic) bond motifs is 1. The highest BCUT2D eigenvalue weighted by Crippen LogP contribution is 2.35. The van der Waals surface area contributed by atoms with Crippen LogP contribution < -0.4 is 0 Å². The Morgan fingerprint density at radius 2 is 2.37 bits per heavy atom. The lowest BCUT2D eigenvalue weighted by atomic mass is 9.86. The molecule has 1 amide bonds. The predicted molar refractivity (Wildman–Crippen MR) is 73.0 cm³/mol. The summed E-state index contributed by atoms with van der Waals surface area (Å²) in [5, 5.41) is 10.8. The summed E-state index contributed by atoms with van der Waals surface area (Å²) in [4.78, 5) is 25.7. The fourth-order valence-corrected chi connectivity index (χ4v) is 3.44. The predicted octanol–water partition coefficient (Wildman–Crippen LogP) is 1.71. The highest BCUT2D eigenvalue weighted by molar-refractivity contribution is 7.10. The van der Waals surface area contributed by atoms with Crippen LogP contribution in [0.3, 0.4) is 0 Å². The van der Waals surface area contributed by atoms with E-state index in [9.17, 15) is 9.59 Å². The summed E-state index contributed by atoms with van der Waals surface area (Å²) in [6.45, 7) is -0.292. The highest BCUT2D eigenvalue weighted by Gasteiger charge is 2.31. The van der Waals surface area contributed by atoms with Gasteiger partial charge in [0.25, 0.3) is 0 Å². The van der Waals surface area contributed by atoms with E-state index in [1.165, 1.54) is 9.78 Å². The van der Waals surface area contributed by atoms with Crippen LogP contribution in [0.4, 0.5) is 0 Å². The number of aryl methyl sites for hydroxylation is 1. The molecule has 1 aliphatic carbocycles. The van der Waals surface area contributed by atoms with Gasteiger partial charge in [-0.2, -0.15) is 0 Å². The number of nitrogens with zero attached hydrogens (tertiary/aromatic N) is 1. The van der Waals surface area contributed by atoms with Gasteiger partial charge in [0.1, 0.15) is 6.54 Å². The summed E-state index contributed by atoms with van der Waals surface area (Å²) in [5.74, 6) is 0.918. The molecule has 19 heavy (non-hydrogen) atoms. The first kappa shape index (κ1) is 13.6. The number of carbonyl (C=O) groups excluding carboxylic acids is 1. The summed E-state index contributed by atoms with van der Waals surface area (Å²) in [6.07, 6.45) is 7.94. The molecule has 1 aliphatic rings. The van der Waals surface area contributed by atoms with Crippen molar-refractivity contribution < 1.29 is 14.7 Å². The topological polar surface area (TPSA) is 57.6 Å². The monoisotopic (exact) mass is 277 g/mol. The molecule has 0 saturated carbocycles. The van der Waals surface area contributed by atoms with Crippen molar-refractivity contribution in [2.75, 3.05) is 13.1 Å². The fraction of sp³-hybridized carbons (Fsp3) is 0.429. The normalized spacial score (nSPS) is 17.3. The van der Waals surface area contributed by atoms with Gasteiger partial charge in [0.05, 0.1) is 12.5 Å². The Hall–Kier alpha value is -1.80. The van der Waals surface area contributed by atoms with E-state index in [0.717, 1.165) is 24.8 Å². The van der Waals surface area contributed by atoms with Crippen LogP contribution in [-0.2, 0) is 16.0 Å². The smallest absolute Gasteiger partial charge is 0.323 e. The van der Waals surface area contributed by atoms with Crippen molar-refractivity contribution >= 4 is 23.2 Å². The maximum atomic E-state index is 12.5. The van der Waals surface area contributed by atoms with Crippen molar-refractivity contribution in [1.29, 1.82) is 0 Å². The van der Waals surface area contributed by atoms with Crippen molar-refractivity contribution in [3.63, 3.8) is 0 Å². The van der Waals surface area contributed by atoms with E-state index >= 15 is 0 Å². The molecule has 0 bridgehead atoms. The van der Waals surface area contributed by atoms with Gasteiger partial charge in [-0.25, -0.2) is 0 Å². The minimum absolute atomic E-state index is 0.0428. The van der Waals surface area contributed by atoms with Crippen LogP contribution in [0, 0.1) is 12.3 Å². The van der Waals surface area contributed by atoms with Crippen molar-refractivity contribution in [2.45, 2.75) is 25.2 Å². The van der Waals surface area contributed by atoms with E-state index in [-0.39, 0.29) is 24.9 Å². The fourth-order valence-electron chi connectivity index (χ4n) is 2.45. The van der Waals surface area contributed by atoms with Gasteiger partial charge in [-0.05, 0) is 36.3 Å². The molecule has 100 valence electrons. The van der Waals surface area contributed by atoms with Crippen LogP contribution in [0.1, 0.15) is 29.2 Å². The van der Waals surface area contributed by atoms with Crippen molar-refractivity contribution in [3.8, 4) is 12.3 Å². The Morgan fingerprint density at radius 3 is 3.05 bits per heavy atom. The largest absolute Gasteiger partial charge is 0.480 e. The van der Waals surface area contributed by atoms with Crippen LogP contribution in [0.2, 0.25) is 0 Å². The molecule has 0 spiro atoms. The number of terminal acetylenes is 1. The molecule has 1 aromatic rings. The van der Waals surface area contributed by atoms with Crippen molar-refractivity contribution in [1.82, 2.24) is 4.90 Å². The second-order valence-electron chi connectivity index (χ2n) is 4.54. The van der Waals surface area contributed by atoms with Crippen molar-refractivity contribution in [2.24, 2.45) is 0 Å². The number of hydrogen-bond donors (Lipinski definition) is 1. The summed E-state index contributed by atoms with van der Waals surface area (Å²) >= 11 is 1.66. The SMILES string of the molecule is C#CCN(CC(=O)O)C(=O)C1CCCc2sccc21. The molecule has 0 radical (unpaired) electrons. The number of hydrogen-bond acceptors (Lipinski definition) is 3. The first-order chi connectivity index (χ1) is 9.13. The first-order valence-corrected chi connectivity index (χ1v) is 7.01. The number of rotatable bonds is 4. The zero-order valence-corrected chi connectivity index (χ0v) is 11.3. The summed E-state index contributed by atoms with van der Waals surface area (Å²) in [6, 6.07) is 1.97. The number of carboxylic acids is 1. The summed E-state index contributed by atoms with van der Waals surface area (Å²) in [7, 11) is 0. The molecular formula is C14H15NO3S. The van der Waals surface area contributed by atoms with E-state index in [2.05, 4.69) is 5.92 Å².